The number of anilines is 2. The third-order valence-electron chi connectivity index (χ3n) is 4.75. The molecule has 1 aliphatic carbocycles. The molecule has 2 N–H and O–H groups in total. The Kier molecular flexibility index (Phi) is 4.08. The van der Waals surface area contributed by atoms with E-state index in [1.165, 1.54) is 0 Å². The summed E-state index contributed by atoms with van der Waals surface area (Å²) < 4.78 is 0. The number of carbonyl (C=O) groups is 1. The van der Waals surface area contributed by atoms with Crippen LogP contribution in [0.2, 0.25) is 5.02 Å². The van der Waals surface area contributed by atoms with E-state index in [0.29, 0.717) is 11.4 Å². The zero-order valence-corrected chi connectivity index (χ0v) is 15.5. The number of rotatable bonds is 3. The molecule has 0 radical (unpaired) electrons. The molecule has 1 aromatic carbocycles. The molecule has 0 amide bonds. The second-order valence-corrected chi connectivity index (χ2v) is 7.92. The molecule has 1 aliphatic rings. The number of ketones is 1. The molecule has 0 fully saturated rings. The molecule has 4 rings (SSSR count). The first-order chi connectivity index (χ1) is 12.4. The molecule has 3 aromatic rings. The average Bonchev–Trinajstić information content (AvgIpc) is 2.95. The van der Waals surface area contributed by atoms with Crippen molar-refractivity contribution in [3.05, 3.63) is 65.1 Å². The number of nitrogens with one attached hydrogen (secondary N) is 2. The fourth-order valence-electron chi connectivity index (χ4n) is 3.61. The van der Waals surface area contributed by atoms with Gasteiger partial charge in [-0.25, -0.2) is 0 Å². The van der Waals surface area contributed by atoms with Crippen LogP contribution in [-0.2, 0) is 6.42 Å². The number of aromatic nitrogens is 2. The molecular weight excluding hydrogens is 346 g/mol. The minimum atomic E-state index is -0.0495. The number of H-pyrrole nitrogens is 1. The van der Waals surface area contributed by atoms with Crippen molar-refractivity contribution in [2.24, 2.45) is 5.41 Å². The zero-order chi connectivity index (χ0) is 18.3. The van der Waals surface area contributed by atoms with Gasteiger partial charge in [-0.15, -0.1) is 0 Å². The highest BCUT2D eigenvalue weighted by molar-refractivity contribution is 6.33. The number of benzene rings is 1. The van der Waals surface area contributed by atoms with E-state index >= 15 is 0 Å². The van der Waals surface area contributed by atoms with Crippen molar-refractivity contribution in [2.75, 3.05) is 5.32 Å². The van der Waals surface area contributed by atoms with Gasteiger partial charge in [0, 0.05) is 30.1 Å². The molecule has 0 saturated carbocycles. The van der Waals surface area contributed by atoms with Crippen LogP contribution in [0.1, 0.15) is 36.3 Å². The number of fused-ring (bicyclic) bond motifs is 1. The minimum absolute atomic E-state index is 0.0495. The molecule has 0 spiro atoms. The van der Waals surface area contributed by atoms with Gasteiger partial charge in [0.15, 0.2) is 5.78 Å². The summed E-state index contributed by atoms with van der Waals surface area (Å²) in [6.45, 7) is 4.25. The van der Waals surface area contributed by atoms with Gasteiger partial charge in [-0.2, -0.15) is 0 Å². The van der Waals surface area contributed by atoms with Gasteiger partial charge in [0.25, 0.3) is 0 Å². The van der Waals surface area contributed by atoms with E-state index in [9.17, 15) is 4.79 Å². The lowest BCUT2D eigenvalue weighted by atomic mass is 9.76. The van der Waals surface area contributed by atoms with Crippen LogP contribution in [0.25, 0.3) is 11.3 Å². The number of pyridine rings is 1. The van der Waals surface area contributed by atoms with Gasteiger partial charge in [-0.3, -0.25) is 9.78 Å². The molecule has 0 saturated heterocycles. The Morgan fingerprint density at radius 2 is 1.85 bits per heavy atom. The lowest BCUT2D eigenvalue weighted by Crippen LogP contribution is -2.26. The Bertz CT molecular complexity index is 976. The van der Waals surface area contributed by atoms with Gasteiger partial charge >= 0.3 is 0 Å². The predicted octanol–water partition coefficient (Wildman–Crippen LogP) is 5.63. The Labute approximate surface area is 157 Å². The normalized spacial score (nSPS) is 15.6. The van der Waals surface area contributed by atoms with E-state index in [4.69, 9.17) is 11.6 Å². The van der Waals surface area contributed by atoms with Gasteiger partial charge < -0.3 is 10.3 Å². The molecule has 0 aliphatic heterocycles. The van der Waals surface area contributed by atoms with Crippen LogP contribution in [0, 0.1) is 5.41 Å². The van der Waals surface area contributed by atoms with Crippen LogP contribution in [-0.4, -0.2) is 15.8 Å². The number of Topliss-reactive ketones (excluding diaryl/α,β-unsaturated/α-hetero) is 1. The summed E-state index contributed by atoms with van der Waals surface area (Å²) in [7, 11) is 0. The predicted molar refractivity (Wildman–Crippen MR) is 105 cm³/mol. The van der Waals surface area contributed by atoms with E-state index in [2.05, 4.69) is 29.1 Å². The van der Waals surface area contributed by atoms with Crippen molar-refractivity contribution in [3.63, 3.8) is 0 Å². The van der Waals surface area contributed by atoms with Gasteiger partial charge in [-0.1, -0.05) is 37.6 Å². The number of hydrogen-bond donors (Lipinski definition) is 2. The van der Waals surface area contributed by atoms with Crippen LogP contribution >= 0.6 is 11.6 Å². The summed E-state index contributed by atoms with van der Waals surface area (Å²) >= 11 is 6.34. The summed E-state index contributed by atoms with van der Waals surface area (Å²) in [5, 5.41) is 4.02. The average molecular weight is 366 g/mol. The summed E-state index contributed by atoms with van der Waals surface area (Å²) in [5.74, 6) is 0.155. The van der Waals surface area contributed by atoms with Crippen LogP contribution < -0.4 is 5.32 Å². The SMILES string of the molecule is CC1(C)CC(=O)c2c([nH]c(-c3ccncc3)c2Nc2ccccc2Cl)C1. The fraction of sp³-hybridized carbons (Fsp3) is 0.238. The first-order valence-corrected chi connectivity index (χ1v) is 9.02. The minimum Gasteiger partial charge on any atom is -0.356 e. The highest BCUT2D eigenvalue weighted by Gasteiger charge is 2.35. The van der Waals surface area contributed by atoms with Gasteiger partial charge in [0.05, 0.1) is 27.7 Å². The number of halogens is 1. The molecule has 2 aromatic heterocycles. The van der Waals surface area contributed by atoms with Crippen molar-refractivity contribution < 1.29 is 4.79 Å². The molecule has 26 heavy (non-hydrogen) atoms. The first-order valence-electron chi connectivity index (χ1n) is 8.65. The standard InChI is InChI=1S/C21H20ClN3O/c1-21(2)11-16-18(17(26)12-21)20(24-15-6-4-3-5-14(15)22)19(25-16)13-7-9-23-10-8-13/h3-10,24-25H,11-12H2,1-2H3. The van der Waals surface area contributed by atoms with Crippen LogP contribution in [0.5, 0.6) is 0 Å². The summed E-state index contributed by atoms with van der Waals surface area (Å²) in [6.07, 6.45) is 4.86. The van der Waals surface area contributed by atoms with E-state index < -0.39 is 0 Å². The number of para-hydroxylation sites is 1. The van der Waals surface area contributed by atoms with Crippen LogP contribution in [0.4, 0.5) is 11.4 Å². The van der Waals surface area contributed by atoms with Crippen molar-refractivity contribution in [3.8, 4) is 11.3 Å². The van der Waals surface area contributed by atoms with E-state index in [-0.39, 0.29) is 11.2 Å². The first kappa shape index (κ1) is 16.9. The third-order valence-corrected chi connectivity index (χ3v) is 5.08. The molecule has 0 unspecified atom stereocenters. The lowest BCUT2D eigenvalue weighted by molar-refractivity contribution is 0.0912. The molecule has 0 bridgehead atoms. The summed E-state index contributed by atoms with van der Waals surface area (Å²) in [4.78, 5) is 20.5. The number of nitrogens with zero attached hydrogens (tertiary/aromatic N) is 1. The van der Waals surface area contributed by atoms with E-state index in [1.54, 1.807) is 12.4 Å². The van der Waals surface area contributed by atoms with Gasteiger partial charge in [0.2, 0.25) is 0 Å². The molecule has 0 atom stereocenters. The van der Waals surface area contributed by atoms with Crippen molar-refractivity contribution in [1.29, 1.82) is 0 Å². The highest BCUT2D eigenvalue weighted by atomic mass is 35.5. The molecule has 5 heteroatoms. The third kappa shape index (κ3) is 3.01. The Hall–Kier alpha value is -2.59. The van der Waals surface area contributed by atoms with Crippen molar-refractivity contribution >= 4 is 28.8 Å². The van der Waals surface area contributed by atoms with E-state index in [1.807, 2.05) is 36.4 Å². The quantitative estimate of drug-likeness (QED) is 0.632. The van der Waals surface area contributed by atoms with Gasteiger partial charge in [-0.05, 0) is 36.1 Å². The maximum atomic E-state index is 12.9. The van der Waals surface area contributed by atoms with E-state index in [0.717, 1.165) is 40.3 Å². The maximum absolute atomic E-state index is 12.9. The summed E-state index contributed by atoms with van der Waals surface area (Å²) in [5.41, 5.74) is 5.12. The Balaban J connectivity index is 1.89. The van der Waals surface area contributed by atoms with Crippen molar-refractivity contribution in [2.45, 2.75) is 26.7 Å². The zero-order valence-electron chi connectivity index (χ0n) is 14.8. The second kappa shape index (κ2) is 6.29. The Morgan fingerprint density at radius 1 is 1.12 bits per heavy atom. The fourth-order valence-corrected chi connectivity index (χ4v) is 3.80. The smallest absolute Gasteiger partial charge is 0.167 e. The molecule has 4 nitrogen and oxygen atoms in total. The molecule has 2 heterocycles. The molecular formula is C21H20ClN3O. The molecule has 132 valence electrons. The topological polar surface area (TPSA) is 57.8 Å². The number of carbonyl (C=O) groups excluding carboxylic acids is 1. The van der Waals surface area contributed by atoms with Crippen molar-refractivity contribution in [1.82, 2.24) is 9.97 Å². The largest absolute Gasteiger partial charge is 0.356 e. The maximum Gasteiger partial charge on any atom is 0.167 e. The lowest BCUT2D eigenvalue weighted by Gasteiger charge is -2.28. The number of hydrogen-bond acceptors (Lipinski definition) is 3. The number of aromatic amines is 1. The highest BCUT2D eigenvalue weighted by Crippen LogP contribution is 2.43. The summed E-state index contributed by atoms with van der Waals surface area (Å²) in [6, 6.07) is 11.4. The monoisotopic (exact) mass is 365 g/mol. The van der Waals surface area contributed by atoms with Gasteiger partial charge in [0.1, 0.15) is 0 Å². The van der Waals surface area contributed by atoms with Crippen LogP contribution in [0.3, 0.4) is 0 Å². The second-order valence-electron chi connectivity index (χ2n) is 7.51. The Morgan fingerprint density at radius 3 is 2.58 bits per heavy atom. The van der Waals surface area contributed by atoms with Crippen LogP contribution in [0.15, 0.2) is 48.8 Å².